The van der Waals surface area contributed by atoms with Gasteiger partial charge in [0.1, 0.15) is 17.4 Å². The standard InChI is InChI=1S/C20H25ClN4O2/c1-20(2,27-16-8-6-15(21)7-9-16)19(26)23-14-17-22-11-10-18(24-17)25-12-4-3-5-13-25/h6-11H,3-5,12-14H2,1-2H3,(H,23,26). The zero-order valence-electron chi connectivity index (χ0n) is 15.7. The fourth-order valence-electron chi connectivity index (χ4n) is 2.99. The van der Waals surface area contributed by atoms with Gasteiger partial charge in [-0.15, -0.1) is 0 Å². The van der Waals surface area contributed by atoms with Crippen molar-refractivity contribution in [3.05, 3.63) is 47.4 Å². The summed E-state index contributed by atoms with van der Waals surface area (Å²) in [6.45, 7) is 5.74. The molecule has 7 heteroatoms. The lowest BCUT2D eigenvalue weighted by Crippen LogP contribution is -2.46. The number of anilines is 1. The molecule has 3 rings (SSSR count). The number of piperidine rings is 1. The minimum absolute atomic E-state index is 0.232. The SMILES string of the molecule is CC(C)(Oc1ccc(Cl)cc1)C(=O)NCc1nccc(N2CCCCC2)n1. The van der Waals surface area contributed by atoms with E-state index in [1.165, 1.54) is 19.3 Å². The van der Waals surface area contributed by atoms with Crippen molar-refractivity contribution in [1.29, 1.82) is 0 Å². The highest BCUT2D eigenvalue weighted by molar-refractivity contribution is 6.30. The van der Waals surface area contributed by atoms with Gasteiger partial charge >= 0.3 is 0 Å². The Labute approximate surface area is 164 Å². The first-order chi connectivity index (χ1) is 12.9. The number of amides is 1. The number of rotatable bonds is 6. The minimum atomic E-state index is -1.03. The summed E-state index contributed by atoms with van der Waals surface area (Å²) >= 11 is 5.88. The molecule has 0 aliphatic carbocycles. The summed E-state index contributed by atoms with van der Waals surface area (Å²) in [5.74, 6) is 1.87. The van der Waals surface area contributed by atoms with Crippen LogP contribution in [0.1, 0.15) is 38.9 Å². The van der Waals surface area contributed by atoms with Gasteiger partial charge in [0.15, 0.2) is 5.60 Å². The molecule has 1 aromatic carbocycles. The molecule has 0 saturated carbocycles. The molecule has 1 amide bonds. The third kappa shape index (κ3) is 5.32. The number of halogens is 1. The van der Waals surface area contributed by atoms with E-state index in [0.29, 0.717) is 16.6 Å². The Kier molecular flexibility index (Phi) is 6.16. The molecule has 2 heterocycles. The smallest absolute Gasteiger partial charge is 0.263 e. The maximum Gasteiger partial charge on any atom is 0.263 e. The zero-order valence-corrected chi connectivity index (χ0v) is 16.5. The Balaban J connectivity index is 1.58. The van der Waals surface area contributed by atoms with Crippen LogP contribution < -0.4 is 15.0 Å². The normalized spacial score (nSPS) is 14.7. The quantitative estimate of drug-likeness (QED) is 0.819. The van der Waals surface area contributed by atoms with Gasteiger partial charge in [0, 0.05) is 24.3 Å². The Morgan fingerprint density at radius 3 is 2.59 bits per heavy atom. The van der Waals surface area contributed by atoms with Gasteiger partial charge in [-0.2, -0.15) is 0 Å². The molecular formula is C20H25ClN4O2. The van der Waals surface area contributed by atoms with Gasteiger partial charge in [-0.1, -0.05) is 11.6 Å². The topological polar surface area (TPSA) is 67.3 Å². The van der Waals surface area contributed by atoms with Crippen LogP contribution in [0.25, 0.3) is 0 Å². The first kappa shape index (κ1) is 19.4. The summed E-state index contributed by atoms with van der Waals surface area (Å²) in [6, 6.07) is 8.85. The van der Waals surface area contributed by atoms with Crippen molar-refractivity contribution < 1.29 is 9.53 Å². The number of hydrogen-bond acceptors (Lipinski definition) is 5. The van der Waals surface area contributed by atoms with Crippen molar-refractivity contribution in [3.8, 4) is 5.75 Å². The van der Waals surface area contributed by atoms with E-state index in [1.807, 2.05) is 6.07 Å². The molecule has 1 N–H and O–H groups in total. The third-order valence-electron chi connectivity index (χ3n) is 4.51. The number of ether oxygens (including phenoxy) is 1. The van der Waals surface area contributed by atoms with Crippen molar-refractivity contribution in [2.24, 2.45) is 0 Å². The Bertz CT molecular complexity index is 774. The molecule has 0 radical (unpaired) electrons. The van der Waals surface area contributed by atoms with Crippen LogP contribution in [0, 0.1) is 0 Å². The van der Waals surface area contributed by atoms with E-state index in [0.717, 1.165) is 18.9 Å². The summed E-state index contributed by atoms with van der Waals surface area (Å²) in [4.78, 5) is 23.7. The number of carbonyl (C=O) groups excluding carboxylic acids is 1. The average molecular weight is 389 g/mol. The zero-order chi connectivity index (χ0) is 19.3. The molecule has 0 spiro atoms. The summed E-state index contributed by atoms with van der Waals surface area (Å²) < 4.78 is 5.81. The van der Waals surface area contributed by atoms with E-state index in [1.54, 1.807) is 44.3 Å². The highest BCUT2D eigenvalue weighted by atomic mass is 35.5. The van der Waals surface area contributed by atoms with Gasteiger partial charge in [0.05, 0.1) is 6.54 Å². The lowest BCUT2D eigenvalue weighted by Gasteiger charge is -2.28. The number of nitrogens with one attached hydrogen (secondary N) is 1. The average Bonchev–Trinajstić information content (AvgIpc) is 2.68. The molecule has 144 valence electrons. The van der Waals surface area contributed by atoms with Crippen LogP contribution in [0.5, 0.6) is 5.75 Å². The molecule has 2 aromatic rings. The van der Waals surface area contributed by atoms with Crippen LogP contribution in [0.4, 0.5) is 5.82 Å². The molecule has 1 aliphatic heterocycles. The maximum atomic E-state index is 12.6. The van der Waals surface area contributed by atoms with Crippen molar-refractivity contribution in [2.45, 2.75) is 45.3 Å². The van der Waals surface area contributed by atoms with Crippen molar-refractivity contribution in [3.63, 3.8) is 0 Å². The van der Waals surface area contributed by atoms with Crippen molar-refractivity contribution in [2.75, 3.05) is 18.0 Å². The summed E-state index contributed by atoms with van der Waals surface area (Å²) in [7, 11) is 0. The maximum absolute atomic E-state index is 12.6. The molecule has 1 fully saturated rings. The second-order valence-electron chi connectivity index (χ2n) is 7.13. The molecule has 1 aliphatic rings. The van der Waals surface area contributed by atoms with Gasteiger partial charge in [0.2, 0.25) is 0 Å². The molecule has 1 aromatic heterocycles. The molecule has 1 saturated heterocycles. The van der Waals surface area contributed by atoms with E-state index in [2.05, 4.69) is 20.2 Å². The second-order valence-corrected chi connectivity index (χ2v) is 7.56. The molecule has 6 nitrogen and oxygen atoms in total. The van der Waals surface area contributed by atoms with Crippen LogP contribution in [0.2, 0.25) is 5.02 Å². The Morgan fingerprint density at radius 1 is 1.19 bits per heavy atom. The first-order valence-electron chi connectivity index (χ1n) is 9.24. The second kappa shape index (κ2) is 8.57. The lowest BCUT2D eigenvalue weighted by molar-refractivity contribution is -0.134. The molecule has 27 heavy (non-hydrogen) atoms. The number of nitrogens with zero attached hydrogens (tertiary/aromatic N) is 3. The molecule has 0 atom stereocenters. The van der Waals surface area contributed by atoms with Gasteiger partial charge in [-0.05, 0) is 63.4 Å². The van der Waals surface area contributed by atoms with E-state index in [9.17, 15) is 4.79 Å². The molecule has 0 unspecified atom stereocenters. The lowest BCUT2D eigenvalue weighted by atomic mass is 10.1. The summed E-state index contributed by atoms with van der Waals surface area (Å²) in [5, 5.41) is 3.49. The first-order valence-corrected chi connectivity index (χ1v) is 9.61. The summed E-state index contributed by atoms with van der Waals surface area (Å²) in [6.07, 6.45) is 5.39. The van der Waals surface area contributed by atoms with Crippen LogP contribution in [0.15, 0.2) is 36.5 Å². The van der Waals surface area contributed by atoms with Gasteiger partial charge < -0.3 is 15.0 Å². The van der Waals surface area contributed by atoms with Gasteiger partial charge in [0.25, 0.3) is 5.91 Å². The molecular weight excluding hydrogens is 364 g/mol. The third-order valence-corrected chi connectivity index (χ3v) is 4.76. The largest absolute Gasteiger partial charge is 0.478 e. The fraction of sp³-hybridized carbons (Fsp3) is 0.450. The Hall–Kier alpha value is -2.34. The summed E-state index contributed by atoms with van der Waals surface area (Å²) in [5.41, 5.74) is -1.03. The van der Waals surface area contributed by atoms with E-state index in [4.69, 9.17) is 16.3 Å². The van der Waals surface area contributed by atoms with Gasteiger partial charge in [-0.3, -0.25) is 4.79 Å². The number of benzene rings is 1. The number of aromatic nitrogens is 2. The van der Waals surface area contributed by atoms with E-state index >= 15 is 0 Å². The highest BCUT2D eigenvalue weighted by Gasteiger charge is 2.30. The van der Waals surface area contributed by atoms with Crippen LogP contribution in [0.3, 0.4) is 0 Å². The Morgan fingerprint density at radius 2 is 1.89 bits per heavy atom. The monoisotopic (exact) mass is 388 g/mol. The minimum Gasteiger partial charge on any atom is -0.478 e. The van der Waals surface area contributed by atoms with Gasteiger partial charge in [-0.25, -0.2) is 9.97 Å². The number of carbonyl (C=O) groups is 1. The van der Waals surface area contributed by atoms with Crippen LogP contribution in [-0.4, -0.2) is 34.6 Å². The molecule has 0 bridgehead atoms. The van der Waals surface area contributed by atoms with Crippen LogP contribution >= 0.6 is 11.6 Å². The predicted octanol–water partition coefficient (Wildman–Crippen LogP) is 3.59. The van der Waals surface area contributed by atoms with Crippen molar-refractivity contribution in [1.82, 2.24) is 15.3 Å². The number of hydrogen-bond donors (Lipinski definition) is 1. The fourth-order valence-corrected chi connectivity index (χ4v) is 3.11. The van der Waals surface area contributed by atoms with Crippen molar-refractivity contribution >= 4 is 23.3 Å². The van der Waals surface area contributed by atoms with Crippen LogP contribution in [-0.2, 0) is 11.3 Å². The predicted molar refractivity (Wildman–Crippen MR) is 106 cm³/mol. The van der Waals surface area contributed by atoms with E-state index in [-0.39, 0.29) is 12.5 Å². The highest BCUT2D eigenvalue weighted by Crippen LogP contribution is 2.21. The van der Waals surface area contributed by atoms with E-state index < -0.39 is 5.60 Å².